The quantitative estimate of drug-likeness (QED) is 0.911. The van der Waals surface area contributed by atoms with Crippen LogP contribution in [-0.2, 0) is 4.74 Å². The summed E-state index contributed by atoms with van der Waals surface area (Å²) in [6.45, 7) is 0. The number of amides is 2. The Morgan fingerprint density at radius 1 is 0.909 bits per heavy atom. The lowest BCUT2D eigenvalue weighted by Crippen LogP contribution is -2.25. The number of rotatable bonds is 4. The molecule has 5 heteroatoms. The molecule has 0 bridgehead atoms. The number of nitrogens with one attached hydrogen (secondary N) is 2. The van der Waals surface area contributed by atoms with E-state index in [2.05, 4.69) is 15.4 Å². The molecule has 0 fully saturated rings. The molecule has 2 amide bonds. The van der Waals surface area contributed by atoms with Gasteiger partial charge in [-0.2, -0.15) is 0 Å². The maximum atomic E-state index is 12.0. The summed E-state index contributed by atoms with van der Waals surface area (Å²) in [6.07, 6.45) is 0.839. The molecule has 0 saturated carbocycles. The zero-order chi connectivity index (χ0) is 15.8. The SMILES string of the molecule is COC(=O)N/C(=C/NC(=O)c1ccccc1)c1ccccc1. The Balaban J connectivity index is 2.18. The predicted molar refractivity (Wildman–Crippen MR) is 83.9 cm³/mol. The predicted octanol–water partition coefficient (Wildman–Crippen LogP) is 2.77. The molecule has 0 saturated heterocycles. The number of hydrogen-bond acceptors (Lipinski definition) is 3. The lowest BCUT2D eigenvalue weighted by Gasteiger charge is -2.10. The molecule has 0 aliphatic rings. The van der Waals surface area contributed by atoms with Gasteiger partial charge in [0.1, 0.15) is 0 Å². The molecule has 0 aromatic heterocycles. The van der Waals surface area contributed by atoms with E-state index in [1.165, 1.54) is 13.3 Å². The van der Waals surface area contributed by atoms with Crippen molar-refractivity contribution in [2.45, 2.75) is 0 Å². The Kier molecular flexibility index (Phi) is 5.31. The highest BCUT2D eigenvalue weighted by atomic mass is 16.5. The van der Waals surface area contributed by atoms with Crippen LogP contribution in [0.2, 0.25) is 0 Å². The number of alkyl carbamates (subject to hydrolysis) is 1. The third-order valence-electron chi connectivity index (χ3n) is 2.89. The van der Waals surface area contributed by atoms with E-state index in [4.69, 9.17) is 0 Å². The normalized spacial score (nSPS) is 10.7. The minimum atomic E-state index is -0.607. The van der Waals surface area contributed by atoms with Crippen molar-refractivity contribution in [2.75, 3.05) is 7.11 Å². The standard InChI is InChI=1S/C17H16N2O3/c1-22-17(21)19-15(13-8-4-2-5-9-13)12-18-16(20)14-10-6-3-7-11-14/h2-12H,1H3,(H,18,20)(H,19,21)/b15-12+. The zero-order valence-electron chi connectivity index (χ0n) is 12.1. The average Bonchev–Trinajstić information content (AvgIpc) is 2.59. The van der Waals surface area contributed by atoms with Gasteiger partial charge >= 0.3 is 6.09 Å². The van der Waals surface area contributed by atoms with Gasteiger partial charge in [0.05, 0.1) is 12.8 Å². The summed E-state index contributed by atoms with van der Waals surface area (Å²) >= 11 is 0. The van der Waals surface area contributed by atoms with Gasteiger partial charge in [0.2, 0.25) is 0 Å². The Hall–Kier alpha value is -3.08. The third-order valence-corrected chi connectivity index (χ3v) is 2.89. The van der Waals surface area contributed by atoms with E-state index in [9.17, 15) is 9.59 Å². The van der Waals surface area contributed by atoms with Crippen molar-refractivity contribution in [2.24, 2.45) is 0 Å². The van der Waals surface area contributed by atoms with Crippen molar-refractivity contribution in [1.82, 2.24) is 10.6 Å². The van der Waals surface area contributed by atoms with Crippen LogP contribution in [0.4, 0.5) is 4.79 Å². The second-order valence-corrected chi connectivity index (χ2v) is 4.38. The topological polar surface area (TPSA) is 67.4 Å². The van der Waals surface area contributed by atoms with E-state index in [1.54, 1.807) is 24.3 Å². The maximum Gasteiger partial charge on any atom is 0.411 e. The van der Waals surface area contributed by atoms with Crippen molar-refractivity contribution < 1.29 is 14.3 Å². The summed E-state index contributed by atoms with van der Waals surface area (Å²) in [5, 5.41) is 5.23. The first kappa shape index (κ1) is 15.3. The van der Waals surface area contributed by atoms with E-state index in [0.29, 0.717) is 11.3 Å². The molecule has 0 radical (unpaired) electrons. The Labute approximate surface area is 128 Å². The van der Waals surface area contributed by atoms with Gasteiger partial charge in [-0.3, -0.25) is 10.1 Å². The van der Waals surface area contributed by atoms with Crippen LogP contribution in [0.1, 0.15) is 15.9 Å². The van der Waals surface area contributed by atoms with Gasteiger partial charge in [-0.05, 0) is 17.7 Å². The molecule has 22 heavy (non-hydrogen) atoms. The smallest absolute Gasteiger partial charge is 0.411 e. The van der Waals surface area contributed by atoms with Crippen LogP contribution in [0, 0.1) is 0 Å². The van der Waals surface area contributed by atoms with Crippen molar-refractivity contribution in [3.8, 4) is 0 Å². The fourth-order valence-electron chi connectivity index (χ4n) is 1.78. The molecule has 5 nitrogen and oxygen atoms in total. The van der Waals surface area contributed by atoms with Gasteiger partial charge in [0, 0.05) is 11.8 Å². The van der Waals surface area contributed by atoms with Crippen molar-refractivity contribution >= 4 is 17.7 Å². The fraction of sp³-hybridized carbons (Fsp3) is 0.0588. The molecule has 0 heterocycles. The monoisotopic (exact) mass is 296 g/mol. The molecule has 2 aromatic rings. The highest BCUT2D eigenvalue weighted by Gasteiger charge is 2.08. The summed E-state index contributed by atoms with van der Waals surface area (Å²) in [5.74, 6) is -0.263. The third kappa shape index (κ3) is 4.21. The van der Waals surface area contributed by atoms with E-state index in [1.807, 2.05) is 36.4 Å². The van der Waals surface area contributed by atoms with Crippen LogP contribution >= 0.6 is 0 Å². The minimum absolute atomic E-state index is 0.263. The summed E-state index contributed by atoms with van der Waals surface area (Å²) in [4.78, 5) is 23.5. The summed E-state index contributed by atoms with van der Waals surface area (Å²) in [7, 11) is 1.28. The second kappa shape index (κ2) is 7.64. The lowest BCUT2D eigenvalue weighted by molar-refractivity contribution is 0.0970. The number of hydrogen-bond donors (Lipinski definition) is 2. The number of benzene rings is 2. The van der Waals surface area contributed by atoms with Crippen LogP contribution in [-0.4, -0.2) is 19.1 Å². The first-order valence-corrected chi connectivity index (χ1v) is 6.67. The molecule has 112 valence electrons. The molecule has 0 aliphatic heterocycles. The van der Waals surface area contributed by atoms with E-state index in [-0.39, 0.29) is 5.91 Å². The minimum Gasteiger partial charge on any atom is -0.453 e. The lowest BCUT2D eigenvalue weighted by atomic mass is 10.1. The van der Waals surface area contributed by atoms with Crippen molar-refractivity contribution in [1.29, 1.82) is 0 Å². The van der Waals surface area contributed by atoms with Gasteiger partial charge in [0.15, 0.2) is 0 Å². The molecular formula is C17H16N2O3. The summed E-state index contributed by atoms with van der Waals surface area (Å²) < 4.78 is 4.59. The molecule has 0 spiro atoms. The second-order valence-electron chi connectivity index (χ2n) is 4.38. The molecule has 2 N–H and O–H groups in total. The molecule has 0 aliphatic carbocycles. The van der Waals surface area contributed by atoms with Gasteiger partial charge < -0.3 is 10.1 Å². The van der Waals surface area contributed by atoms with Gasteiger partial charge in [-0.25, -0.2) is 4.79 Å². The molecule has 0 unspecified atom stereocenters. The first-order chi connectivity index (χ1) is 10.7. The molecular weight excluding hydrogens is 280 g/mol. The summed E-state index contributed by atoms with van der Waals surface area (Å²) in [6, 6.07) is 18.0. The van der Waals surface area contributed by atoms with Crippen LogP contribution in [0.3, 0.4) is 0 Å². The molecule has 2 aromatic carbocycles. The van der Waals surface area contributed by atoms with E-state index >= 15 is 0 Å². The first-order valence-electron chi connectivity index (χ1n) is 6.67. The highest BCUT2D eigenvalue weighted by Crippen LogP contribution is 2.10. The Morgan fingerprint density at radius 2 is 1.45 bits per heavy atom. The largest absolute Gasteiger partial charge is 0.453 e. The average molecular weight is 296 g/mol. The van der Waals surface area contributed by atoms with Crippen LogP contribution < -0.4 is 10.6 Å². The van der Waals surface area contributed by atoms with Gasteiger partial charge in [-0.15, -0.1) is 0 Å². The number of carbonyl (C=O) groups is 2. The van der Waals surface area contributed by atoms with Crippen molar-refractivity contribution in [3.63, 3.8) is 0 Å². The highest BCUT2D eigenvalue weighted by molar-refractivity contribution is 5.95. The maximum absolute atomic E-state index is 12.0. The molecule has 2 rings (SSSR count). The number of carbonyl (C=O) groups excluding carboxylic acids is 2. The van der Waals surface area contributed by atoms with Crippen molar-refractivity contribution in [3.05, 3.63) is 78.0 Å². The summed E-state index contributed by atoms with van der Waals surface area (Å²) in [5.41, 5.74) is 1.72. The Morgan fingerprint density at radius 3 is 2.00 bits per heavy atom. The fourth-order valence-corrected chi connectivity index (χ4v) is 1.78. The zero-order valence-corrected chi connectivity index (χ0v) is 12.1. The Bertz CT molecular complexity index is 667. The van der Waals surface area contributed by atoms with E-state index in [0.717, 1.165) is 5.56 Å². The van der Waals surface area contributed by atoms with Crippen LogP contribution in [0.5, 0.6) is 0 Å². The van der Waals surface area contributed by atoms with Gasteiger partial charge in [0.25, 0.3) is 5.91 Å². The van der Waals surface area contributed by atoms with Gasteiger partial charge in [-0.1, -0.05) is 48.5 Å². The van der Waals surface area contributed by atoms with Crippen LogP contribution in [0.25, 0.3) is 5.70 Å². The van der Waals surface area contributed by atoms with E-state index < -0.39 is 6.09 Å². The number of ether oxygens (including phenoxy) is 1. The number of methoxy groups -OCH3 is 1. The van der Waals surface area contributed by atoms with Crippen LogP contribution in [0.15, 0.2) is 66.9 Å². The molecule has 0 atom stereocenters.